The Labute approximate surface area is 143 Å². The molecule has 126 valence electrons. The van der Waals surface area contributed by atoms with E-state index in [2.05, 4.69) is 6.08 Å². The lowest BCUT2D eigenvalue weighted by atomic mass is 10.1. The molecule has 3 atom stereocenters. The smallest absolute Gasteiger partial charge is 0.110 e. The summed E-state index contributed by atoms with van der Waals surface area (Å²) in [5.41, 5.74) is 2.23. The molecular formula is C21H24O3. The Morgan fingerprint density at radius 1 is 0.750 bits per heavy atom. The second-order valence-electron chi connectivity index (χ2n) is 6.11. The monoisotopic (exact) mass is 324 g/mol. The van der Waals surface area contributed by atoms with Crippen LogP contribution in [-0.2, 0) is 22.7 Å². The van der Waals surface area contributed by atoms with Crippen LogP contribution in [-0.4, -0.2) is 23.4 Å². The maximum absolute atomic E-state index is 10.4. The normalized spacial score (nSPS) is 23.8. The molecule has 0 spiro atoms. The molecule has 0 saturated heterocycles. The Hall–Kier alpha value is -1.94. The molecule has 0 bridgehead atoms. The van der Waals surface area contributed by atoms with Crippen LogP contribution in [0.3, 0.4) is 0 Å². The first-order chi connectivity index (χ1) is 11.8. The number of hydrogen-bond acceptors (Lipinski definition) is 3. The predicted molar refractivity (Wildman–Crippen MR) is 94.4 cm³/mol. The van der Waals surface area contributed by atoms with Gasteiger partial charge in [-0.15, -0.1) is 0 Å². The van der Waals surface area contributed by atoms with Crippen LogP contribution in [0.25, 0.3) is 0 Å². The highest BCUT2D eigenvalue weighted by Gasteiger charge is 2.30. The van der Waals surface area contributed by atoms with Gasteiger partial charge in [0.1, 0.15) is 6.10 Å². The molecule has 2 aromatic carbocycles. The summed E-state index contributed by atoms with van der Waals surface area (Å²) in [7, 11) is 0. The van der Waals surface area contributed by atoms with Gasteiger partial charge in [0.2, 0.25) is 0 Å². The molecule has 0 aromatic heterocycles. The summed E-state index contributed by atoms with van der Waals surface area (Å²) in [6.45, 7) is 1.00. The minimum atomic E-state index is -0.548. The zero-order valence-electron chi connectivity index (χ0n) is 13.8. The Morgan fingerprint density at radius 2 is 1.29 bits per heavy atom. The summed E-state index contributed by atoms with van der Waals surface area (Å²) in [6, 6.07) is 20.1. The number of ether oxygens (including phenoxy) is 2. The van der Waals surface area contributed by atoms with Gasteiger partial charge >= 0.3 is 0 Å². The Balaban J connectivity index is 1.63. The summed E-state index contributed by atoms with van der Waals surface area (Å²) in [6.07, 6.45) is 4.41. The summed E-state index contributed by atoms with van der Waals surface area (Å²) in [5, 5.41) is 10.4. The fourth-order valence-corrected chi connectivity index (χ4v) is 2.91. The standard InChI is InChI=1S/C21H24O3/c22-19-13-7-8-14-20(23-15-17-9-3-1-4-10-17)21(19)24-16-18-11-5-2-6-12-18/h1-12,19-22H,13-16H2/t19-,20-,21-/m0/s1. The van der Waals surface area contributed by atoms with Crippen LogP contribution >= 0.6 is 0 Å². The number of benzene rings is 2. The zero-order valence-corrected chi connectivity index (χ0v) is 13.8. The molecule has 3 rings (SSSR count). The topological polar surface area (TPSA) is 38.7 Å². The van der Waals surface area contributed by atoms with Crippen molar-refractivity contribution in [3.05, 3.63) is 83.9 Å². The van der Waals surface area contributed by atoms with E-state index in [1.165, 1.54) is 0 Å². The number of rotatable bonds is 6. The molecule has 3 heteroatoms. The quantitative estimate of drug-likeness (QED) is 0.820. The van der Waals surface area contributed by atoms with Gasteiger partial charge in [-0.25, -0.2) is 0 Å². The molecule has 2 aromatic rings. The minimum Gasteiger partial charge on any atom is -0.390 e. The van der Waals surface area contributed by atoms with Crippen LogP contribution in [0.1, 0.15) is 24.0 Å². The third-order valence-electron chi connectivity index (χ3n) is 4.25. The van der Waals surface area contributed by atoms with Gasteiger partial charge < -0.3 is 14.6 Å². The molecule has 1 aliphatic rings. The Bertz CT molecular complexity index is 624. The van der Waals surface area contributed by atoms with Crippen molar-refractivity contribution in [2.45, 2.75) is 44.4 Å². The fourth-order valence-electron chi connectivity index (χ4n) is 2.91. The summed E-state index contributed by atoms with van der Waals surface area (Å²) in [4.78, 5) is 0. The van der Waals surface area contributed by atoms with Crippen molar-refractivity contribution >= 4 is 0 Å². The summed E-state index contributed by atoms with van der Waals surface area (Å²) >= 11 is 0. The number of hydrogen-bond donors (Lipinski definition) is 1. The second-order valence-corrected chi connectivity index (χ2v) is 6.11. The van der Waals surface area contributed by atoms with Crippen LogP contribution in [0.2, 0.25) is 0 Å². The van der Waals surface area contributed by atoms with Crippen LogP contribution < -0.4 is 0 Å². The molecule has 0 amide bonds. The van der Waals surface area contributed by atoms with Gasteiger partial charge in [-0.3, -0.25) is 0 Å². The van der Waals surface area contributed by atoms with Crippen molar-refractivity contribution in [3.8, 4) is 0 Å². The van der Waals surface area contributed by atoms with Crippen LogP contribution in [0, 0.1) is 0 Å². The SMILES string of the molecule is O[C@H]1CC=CC[C@H](OCc2ccccc2)[C@H]1OCc1ccccc1. The van der Waals surface area contributed by atoms with E-state index in [0.717, 1.165) is 17.5 Å². The molecule has 1 aliphatic carbocycles. The fraction of sp³-hybridized carbons (Fsp3) is 0.333. The van der Waals surface area contributed by atoms with Crippen molar-refractivity contribution in [1.29, 1.82) is 0 Å². The van der Waals surface area contributed by atoms with Crippen molar-refractivity contribution in [1.82, 2.24) is 0 Å². The molecule has 0 heterocycles. The second kappa shape index (κ2) is 8.78. The lowest BCUT2D eigenvalue weighted by Crippen LogP contribution is -2.40. The maximum Gasteiger partial charge on any atom is 0.110 e. The van der Waals surface area contributed by atoms with Gasteiger partial charge in [0.25, 0.3) is 0 Å². The van der Waals surface area contributed by atoms with Crippen molar-refractivity contribution in [2.24, 2.45) is 0 Å². The van der Waals surface area contributed by atoms with Gasteiger partial charge in [-0.05, 0) is 24.0 Å². The van der Waals surface area contributed by atoms with E-state index in [9.17, 15) is 5.11 Å². The van der Waals surface area contributed by atoms with E-state index >= 15 is 0 Å². The van der Waals surface area contributed by atoms with Gasteiger partial charge in [-0.1, -0.05) is 72.8 Å². The maximum atomic E-state index is 10.4. The van der Waals surface area contributed by atoms with Crippen LogP contribution in [0.15, 0.2) is 72.8 Å². The van der Waals surface area contributed by atoms with Crippen molar-refractivity contribution in [3.63, 3.8) is 0 Å². The molecular weight excluding hydrogens is 300 g/mol. The van der Waals surface area contributed by atoms with E-state index in [-0.39, 0.29) is 12.2 Å². The van der Waals surface area contributed by atoms with Gasteiger partial charge in [0.15, 0.2) is 0 Å². The zero-order chi connectivity index (χ0) is 16.6. The van der Waals surface area contributed by atoms with Gasteiger partial charge in [0, 0.05) is 0 Å². The van der Waals surface area contributed by atoms with E-state index in [0.29, 0.717) is 19.6 Å². The molecule has 24 heavy (non-hydrogen) atoms. The van der Waals surface area contributed by atoms with E-state index in [1.54, 1.807) is 0 Å². The molecule has 0 fully saturated rings. The lowest BCUT2D eigenvalue weighted by molar-refractivity contribution is -0.128. The molecule has 0 radical (unpaired) electrons. The largest absolute Gasteiger partial charge is 0.390 e. The Kier molecular flexibility index (Phi) is 6.19. The minimum absolute atomic E-state index is 0.150. The highest BCUT2D eigenvalue weighted by atomic mass is 16.5. The van der Waals surface area contributed by atoms with Crippen LogP contribution in [0.4, 0.5) is 0 Å². The van der Waals surface area contributed by atoms with Gasteiger partial charge in [0.05, 0.1) is 25.4 Å². The van der Waals surface area contributed by atoms with E-state index < -0.39 is 6.10 Å². The van der Waals surface area contributed by atoms with E-state index in [1.807, 2.05) is 66.7 Å². The summed E-state index contributed by atoms with van der Waals surface area (Å²) < 4.78 is 12.1. The average molecular weight is 324 g/mol. The first kappa shape index (κ1) is 16.9. The van der Waals surface area contributed by atoms with E-state index in [4.69, 9.17) is 9.47 Å². The molecule has 0 unspecified atom stereocenters. The van der Waals surface area contributed by atoms with Gasteiger partial charge in [-0.2, -0.15) is 0 Å². The lowest BCUT2D eigenvalue weighted by Gasteiger charge is -2.29. The van der Waals surface area contributed by atoms with Crippen molar-refractivity contribution < 1.29 is 14.6 Å². The first-order valence-electron chi connectivity index (χ1n) is 8.47. The highest BCUT2D eigenvalue weighted by molar-refractivity contribution is 5.14. The van der Waals surface area contributed by atoms with Crippen molar-refractivity contribution in [2.75, 3.05) is 0 Å². The first-order valence-corrected chi connectivity index (χ1v) is 8.47. The third kappa shape index (κ3) is 4.78. The predicted octanol–water partition coefficient (Wildman–Crippen LogP) is 3.87. The molecule has 1 N–H and O–H groups in total. The highest BCUT2D eigenvalue weighted by Crippen LogP contribution is 2.22. The molecule has 0 aliphatic heterocycles. The summed E-state index contributed by atoms with van der Waals surface area (Å²) in [5.74, 6) is 0. The Morgan fingerprint density at radius 3 is 1.92 bits per heavy atom. The van der Waals surface area contributed by atoms with Crippen LogP contribution in [0.5, 0.6) is 0 Å². The number of aliphatic hydroxyl groups is 1. The third-order valence-corrected chi connectivity index (χ3v) is 4.25. The molecule has 3 nitrogen and oxygen atoms in total. The number of aliphatic hydroxyl groups excluding tert-OH is 1. The average Bonchev–Trinajstić information content (AvgIpc) is 2.81. The molecule has 0 saturated carbocycles.